The molecule has 0 unspecified atom stereocenters. The molecular weight excluding hydrogens is 374 g/mol. The van der Waals surface area contributed by atoms with E-state index in [-0.39, 0.29) is 19.1 Å². The van der Waals surface area contributed by atoms with Crippen LogP contribution in [0.2, 0.25) is 0 Å². The van der Waals surface area contributed by atoms with Crippen LogP contribution < -0.4 is 10.2 Å². The average Bonchev–Trinajstić information content (AvgIpc) is 3.20. The number of para-hydroxylation sites is 1. The van der Waals surface area contributed by atoms with E-state index in [1.165, 1.54) is 4.90 Å². The molecule has 150 valence electrons. The monoisotopic (exact) mass is 395 g/mol. The molecule has 3 amide bonds. The van der Waals surface area contributed by atoms with Crippen molar-refractivity contribution in [2.75, 3.05) is 24.6 Å². The molecule has 2 atom stereocenters. The summed E-state index contributed by atoms with van der Waals surface area (Å²) >= 11 is 0. The highest BCUT2D eigenvalue weighted by Gasteiger charge is 2.51. The first-order chi connectivity index (χ1) is 14.1. The van der Waals surface area contributed by atoms with Crippen molar-refractivity contribution in [3.63, 3.8) is 0 Å². The number of hydrogen-bond donors (Lipinski definition) is 1. The van der Waals surface area contributed by atoms with Gasteiger partial charge in [-0.15, -0.1) is 0 Å². The SMILES string of the molecule is O=C(CN(C(=O)OCc1ccccc1)c1ccccc1)N[C@@H]1C(=O)N2CCO[C@H]12. The zero-order valence-electron chi connectivity index (χ0n) is 15.7. The number of amides is 3. The van der Waals surface area contributed by atoms with E-state index in [1.807, 2.05) is 36.4 Å². The molecule has 0 spiro atoms. The fourth-order valence-electron chi connectivity index (χ4n) is 3.38. The lowest BCUT2D eigenvalue weighted by Crippen LogP contribution is -2.69. The van der Waals surface area contributed by atoms with Gasteiger partial charge in [-0.25, -0.2) is 4.79 Å². The fourth-order valence-corrected chi connectivity index (χ4v) is 3.38. The number of β-lactam (4-membered cyclic amide) rings is 1. The Morgan fingerprint density at radius 2 is 1.79 bits per heavy atom. The third-order valence-corrected chi connectivity index (χ3v) is 4.87. The summed E-state index contributed by atoms with van der Waals surface area (Å²) in [6.07, 6.45) is -1.06. The molecule has 0 aromatic heterocycles. The molecule has 0 bridgehead atoms. The van der Waals surface area contributed by atoms with Crippen LogP contribution in [0, 0.1) is 0 Å². The molecule has 2 heterocycles. The summed E-state index contributed by atoms with van der Waals surface area (Å²) in [7, 11) is 0. The maximum atomic E-state index is 12.7. The molecule has 0 radical (unpaired) electrons. The number of nitrogens with one attached hydrogen (secondary N) is 1. The summed E-state index contributed by atoms with van der Waals surface area (Å²) in [5.74, 6) is -0.627. The fraction of sp³-hybridized carbons (Fsp3) is 0.286. The summed E-state index contributed by atoms with van der Waals surface area (Å²) < 4.78 is 10.8. The normalized spacial score (nSPS) is 19.9. The van der Waals surface area contributed by atoms with E-state index >= 15 is 0 Å². The molecule has 2 aliphatic heterocycles. The van der Waals surface area contributed by atoms with Crippen LogP contribution in [-0.4, -0.2) is 54.8 Å². The maximum absolute atomic E-state index is 12.7. The number of benzene rings is 2. The van der Waals surface area contributed by atoms with Crippen LogP contribution >= 0.6 is 0 Å². The van der Waals surface area contributed by atoms with Crippen LogP contribution in [-0.2, 0) is 25.7 Å². The van der Waals surface area contributed by atoms with Crippen molar-refractivity contribution in [3.05, 3.63) is 66.2 Å². The van der Waals surface area contributed by atoms with Crippen molar-refractivity contribution in [2.24, 2.45) is 0 Å². The van der Waals surface area contributed by atoms with E-state index in [9.17, 15) is 14.4 Å². The second kappa shape index (κ2) is 8.32. The second-order valence-corrected chi connectivity index (χ2v) is 6.80. The van der Waals surface area contributed by atoms with Gasteiger partial charge in [0, 0.05) is 12.2 Å². The van der Waals surface area contributed by atoms with Gasteiger partial charge in [0.15, 0.2) is 12.3 Å². The van der Waals surface area contributed by atoms with Crippen LogP contribution in [0.15, 0.2) is 60.7 Å². The lowest BCUT2D eigenvalue weighted by atomic mass is 10.1. The van der Waals surface area contributed by atoms with Crippen molar-refractivity contribution in [3.8, 4) is 0 Å². The molecule has 4 rings (SSSR count). The van der Waals surface area contributed by atoms with Gasteiger partial charge in [0.2, 0.25) is 5.91 Å². The highest BCUT2D eigenvalue weighted by Crippen LogP contribution is 2.25. The van der Waals surface area contributed by atoms with Crippen molar-refractivity contribution in [1.82, 2.24) is 10.2 Å². The topological polar surface area (TPSA) is 88.2 Å². The van der Waals surface area contributed by atoms with Crippen molar-refractivity contribution < 1.29 is 23.9 Å². The molecule has 29 heavy (non-hydrogen) atoms. The minimum Gasteiger partial charge on any atom is -0.444 e. The predicted octanol–water partition coefficient (Wildman–Crippen LogP) is 1.51. The highest BCUT2D eigenvalue weighted by molar-refractivity contribution is 5.98. The second-order valence-electron chi connectivity index (χ2n) is 6.80. The van der Waals surface area contributed by atoms with Crippen LogP contribution in [0.4, 0.5) is 10.5 Å². The Bertz CT molecular complexity index is 890. The first kappa shape index (κ1) is 18.9. The van der Waals surface area contributed by atoms with Crippen LogP contribution in [0.3, 0.4) is 0 Å². The van der Waals surface area contributed by atoms with E-state index in [0.29, 0.717) is 18.8 Å². The Morgan fingerprint density at radius 3 is 2.52 bits per heavy atom. The molecule has 2 fully saturated rings. The van der Waals surface area contributed by atoms with Crippen LogP contribution in [0.25, 0.3) is 0 Å². The van der Waals surface area contributed by atoms with Crippen LogP contribution in [0.5, 0.6) is 0 Å². The van der Waals surface area contributed by atoms with Crippen molar-refractivity contribution >= 4 is 23.6 Å². The van der Waals surface area contributed by atoms with Gasteiger partial charge in [-0.05, 0) is 17.7 Å². The largest absolute Gasteiger partial charge is 0.444 e. The van der Waals surface area contributed by atoms with E-state index in [4.69, 9.17) is 9.47 Å². The van der Waals surface area contributed by atoms with Gasteiger partial charge in [-0.1, -0.05) is 48.5 Å². The van der Waals surface area contributed by atoms with Crippen molar-refractivity contribution in [2.45, 2.75) is 18.9 Å². The molecule has 1 N–H and O–H groups in total. The molecule has 0 saturated carbocycles. The zero-order valence-corrected chi connectivity index (χ0v) is 15.7. The lowest BCUT2D eigenvalue weighted by Gasteiger charge is -2.41. The Labute approximate surface area is 168 Å². The Balaban J connectivity index is 1.41. The summed E-state index contributed by atoms with van der Waals surface area (Å²) in [4.78, 5) is 40.1. The smallest absolute Gasteiger partial charge is 0.415 e. The number of fused-ring (bicyclic) bond motifs is 1. The molecule has 0 aliphatic carbocycles. The van der Waals surface area contributed by atoms with E-state index < -0.39 is 24.3 Å². The Hall–Kier alpha value is -3.39. The Kier molecular flexibility index (Phi) is 5.44. The van der Waals surface area contributed by atoms with E-state index in [1.54, 1.807) is 29.2 Å². The first-order valence-corrected chi connectivity index (χ1v) is 9.38. The van der Waals surface area contributed by atoms with E-state index in [2.05, 4.69) is 5.32 Å². The summed E-state index contributed by atoms with van der Waals surface area (Å²) in [5, 5.41) is 2.66. The zero-order chi connectivity index (χ0) is 20.2. The highest BCUT2D eigenvalue weighted by atomic mass is 16.6. The molecule has 2 aliphatic rings. The number of carbonyl (C=O) groups is 3. The summed E-state index contributed by atoms with van der Waals surface area (Å²) in [5.41, 5.74) is 1.37. The number of carbonyl (C=O) groups excluding carboxylic acids is 3. The lowest BCUT2D eigenvalue weighted by molar-refractivity contribution is -0.164. The quantitative estimate of drug-likeness (QED) is 0.749. The van der Waals surface area contributed by atoms with Gasteiger partial charge in [0.05, 0.1) is 6.61 Å². The Morgan fingerprint density at radius 1 is 1.10 bits per heavy atom. The van der Waals surface area contributed by atoms with Gasteiger partial charge >= 0.3 is 6.09 Å². The summed E-state index contributed by atoms with van der Waals surface area (Å²) in [6, 6.07) is 17.4. The summed E-state index contributed by atoms with van der Waals surface area (Å²) in [6.45, 7) is 0.827. The number of nitrogens with zero attached hydrogens (tertiary/aromatic N) is 2. The molecule has 2 saturated heterocycles. The molecule has 2 aromatic carbocycles. The van der Waals surface area contributed by atoms with E-state index in [0.717, 1.165) is 5.56 Å². The van der Waals surface area contributed by atoms with Gasteiger partial charge < -0.3 is 19.7 Å². The van der Waals surface area contributed by atoms with Crippen molar-refractivity contribution in [1.29, 1.82) is 0 Å². The van der Waals surface area contributed by atoms with Gasteiger partial charge in [-0.3, -0.25) is 14.5 Å². The number of hydrogen-bond acceptors (Lipinski definition) is 5. The molecule has 8 nitrogen and oxygen atoms in total. The third kappa shape index (κ3) is 4.07. The molecular formula is C21H21N3O5. The van der Waals surface area contributed by atoms with Gasteiger partial charge in [0.25, 0.3) is 5.91 Å². The average molecular weight is 395 g/mol. The minimum atomic E-state index is -0.706. The molecule has 2 aromatic rings. The van der Waals surface area contributed by atoms with Crippen LogP contribution in [0.1, 0.15) is 5.56 Å². The maximum Gasteiger partial charge on any atom is 0.415 e. The third-order valence-electron chi connectivity index (χ3n) is 4.87. The minimum absolute atomic E-state index is 0.0939. The number of anilines is 1. The standard InChI is InChI=1S/C21H21N3O5/c25-17(22-18-19(26)23-11-12-28-20(18)23)13-24(16-9-5-2-6-10-16)21(27)29-14-15-7-3-1-4-8-15/h1-10,18,20H,11-14H2,(H,22,25)/t18-,20-/m1/s1. The molecule has 8 heteroatoms. The first-order valence-electron chi connectivity index (χ1n) is 9.38. The van der Waals surface area contributed by atoms with Gasteiger partial charge in [-0.2, -0.15) is 0 Å². The number of ether oxygens (including phenoxy) is 2. The van der Waals surface area contributed by atoms with Gasteiger partial charge in [0.1, 0.15) is 13.2 Å². The number of rotatable bonds is 6. The predicted molar refractivity (Wildman–Crippen MR) is 104 cm³/mol.